The maximum atomic E-state index is 13.1. The quantitative estimate of drug-likeness (QED) is 0.747. The van der Waals surface area contributed by atoms with Gasteiger partial charge in [0.2, 0.25) is 5.91 Å². The number of carbonyl (C=O) groups is 1. The second kappa shape index (κ2) is 8.15. The third-order valence-corrected chi connectivity index (χ3v) is 6.85. The number of rotatable bonds is 6. The van der Waals surface area contributed by atoms with Gasteiger partial charge in [-0.05, 0) is 18.6 Å². The summed E-state index contributed by atoms with van der Waals surface area (Å²) in [5, 5.41) is 1.97. The molecular weight excluding hydrogens is 374 g/mol. The highest BCUT2D eigenvalue weighted by molar-refractivity contribution is 7.93. The molecule has 2 heterocycles. The molecule has 140 valence electrons. The number of thiazole rings is 1. The lowest BCUT2D eigenvalue weighted by atomic mass is 10.2. The number of benzene rings is 1. The van der Waals surface area contributed by atoms with Crippen LogP contribution in [0.4, 0.5) is 5.13 Å². The van der Waals surface area contributed by atoms with Crippen LogP contribution in [0.2, 0.25) is 0 Å². The van der Waals surface area contributed by atoms with Crippen LogP contribution in [0.1, 0.15) is 13.3 Å². The van der Waals surface area contributed by atoms with Crippen molar-refractivity contribution in [1.29, 1.82) is 0 Å². The van der Waals surface area contributed by atoms with E-state index in [1.807, 2.05) is 6.92 Å². The maximum absolute atomic E-state index is 13.1. The van der Waals surface area contributed by atoms with Crippen LogP contribution in [-0.2, 0) is 19.6 Å². The molecule has 1 aliphatic heterocycles. The Bertz CT molecular complexity index is 825. The first kappa shape index (κ1) is 18.8. The van der Waals surface area contributed by atoms with Crippen LogP contribution in [0, 0.1) is 0 Å². The van der Waals surface area contributed by atoms with Crippen LogP contribution in [0.5, 0.6) is 0 Å². The fraction of sp³-hybridized carbons (Fsp3) is 0.412. The number of nitrogens with zero attached hydrogens (tertiary/aromatic N) is 3. The first-order chi connectivity index (χ1) is 12.5. The first-order valence-electron chi connectivity index (χ1n) is 8.39. The Morgan fingerprint density at radius 2 is 2.15 bits per heavy atom. The molecule has 1 amide bonds. The molecule has 0 aliphatic carbocycles. The Morgan fingerprint density at radius 3 is 2.81 bits per heavy atom. The Hall–Kier alpha value is -1.97. The van der Waals surface area contributed by atoms with Crippen LogP contribution in [0.25, 0.3) is 0 Å². The monoisotopic (exact) mass is 395 g/mol. The van der Waals surface area contributed by atoms with Gasteiger partial charge < -0.3 is 9.64 Å². The zero-order valence-electron chi connectivity index (χ0n) is 14.4. The molecule has 1 fully saturated rings. The van der Waals surface area contributed by atoms with Gasteiger partial charge in [-0.25, -0.2) is 17.7 Å². The Morgan fingerprint density at radius 1 is 1.38 bits per heavy atom. The van der Waals surface area contributed by atoms with E-state index < -0.39 is 10.0 Å². The van der Waals surface area contributed by atoms with Gasteiger partial charge in [-0.1, -0.05) is 25.1 Å². The lowest BCUT2D eigenvalue weighted by molar-refractivity contribution is -0.137. The van der Waals surface area contributed by atoms with Gasteiger partial charge in [-0.3, -0.25) is 4.79 Å². The van der Waals surface area contributed by atoms with E-state index in [0.29, 0.717) is 19.7 Å². The number of hydrogen-bond acceptors (Lipinski definition) is 6. The van der Waals surface area contributed by atoms with E-state index in [0.717, 1.165) is 10.7 Å². The van der Waals surface area contributed by atoms with Crippen molar-refractivity contribution >= 4 is 32.4 Å². The number of ether oxygens (including phenoxy) is 1. The number of hydrogen-bond donors (Lipinski definition) is 0. The molecule has 26 heavy (non-hydrogen) atoms. The third kappa shape index (κ3) is 4.05. The normalized spacial score (nSPS) is 17.9. The molecule has 1 aromatic carbocycles. The number of sulfonamides is 1. The molecule has 9 heteroatoms. The van der Waals surface area contributed by atoms with E-state index in [1.54, 1.807) is 28.5 Å². The van der Waals surface area contributed by atoms with E-state index in [4.69, 9.17) is 4.74 Å². The fourth-order valence-electron chi connectivity index (χ4n) is 2.73. The van der Waals surface area contributed by atoms with Crippen molar-refractivity contribution in [2.45, 2.75) is 24.3 Å². The molecule has 1 aromatic heterocycles. The average molecular weight is 396 g/mol. The van der Waals surface area contributed by atoms with Crippen molar-refractivity contribution in [3.05, 3.63) is 41.9 Å². The maximum Gasteiger partial charge on any atom is 0.266 e. The second-order valence-electron chi connectivity index (χ2n) is 5.88. The second-order valence-corrected chi connectivity index (χ2v) is 8.62. The third-order valence-electron chi connectivity index (χ3n) is 4.19. The standard InChI is InChI=1S/C17H21N3O4S2/c1-2-14-12-19(9-10-24-14)16(21)13-20(17-18-8-11-25-17)26(22,23)15-6-4-3-5-7-15/h3-8,11,14H,2,9-10,12-13H2,1H3. The van der Waals surface area contributed by atoms with Crippen molar-refractivity contribution in [1.82, 2.24) is 9.88 Å². The molecule has 0 bridgehead atoms. The highest BCUT2D eigenvalue weighted by atomic mass is 32.2. The molecule has 1 unspecified atom stereocenters. The Kier molecular flexibility index (Phi) is 5.90. The topological polar surface area (TPSA) is 79.8 Å². The van der Waals surface area contributed by atoms with E-state index >= 15 is 0 Å². The van der Waals surface area contributed by atoms with Crippen LogP contribution in [0.15, 0.2) is 46.8 Å². The van der Waals surface area contributed by atoms with Crippen LogP contribution in [-0.4, -0.2) is 56.6 Å². The van der Waals surface area contributed by atoms with E-state index in [2.05, 4.69) is 4.98 Å². The summed E-state index contributed by atoms with van der Waals surface area (Å²) in [6.45, 7) is 3.13. The predicted molar refractivity (Wildman–Crippen MR) is 99.7 cm³/mol. The zero-order valence-corrected chi connectivity index (χ0v) is 16.1. The molecule has 1 saturated heterocycles. The van der Waals surface area contributed by atoms with Crippen molar-refractivity contribution in [3.63, 3.8) is 0 Å². The van der Waals surface area contributed by atoms with Crippen molar-refractivity contribution in [2.24, 2.45) is 0 Å². The highest BCUT2D eigenvalue weighted by Crippen LogP contribution is 2.25. The van der Waals surface area contributed by atoms with Gasteiger partial charge in [0.15, 0.2) is 5.13 Å². The molecule has 0 spiro atoms. The summed E-state index contributed by atoms with van der Waals surface area (Å²) in [7, 11) is -3.87. The van der Waals surface area contributed by atoms with Gasteiger partial charge in [0, 0.05) is 24.7 Å². The predicted octanol–water partition coefficient (Wildman–Crippen LogP) is 1.98. The van der Waals surface area contributed by atoms with Gasteiger partial charge in [0.25, 0.3) is 10.0 Å². The largest absolute Gasteiger partial charge is 0.375 e. The minimum Gasteiger partial charge on any atom is -0.375 e. The van der Waals surface area contributed by atoms with Gasteiger partial charge >= 0.3 is 0 Å². The molecule has 0 N–H and O–H groups in total. The number of amides is 1. The number of aromatic nitrogens is 1. The SMILES string of the molecule is CCC1CN(C(=O)CN(c2nccs2)S(=O)(=O)c2ccccc2)CCO1. The molecule has 3 rings (SSSR count). The van der Waals surface area contributed by atoms with Crippen LogP contribution in [0.3, 0.4) is 0 Å². The van der Waals surface area contributed by atoms with Gasteiger partial charge in [-0.15, -0.1) is 11.3 Å². The van der Waals surface area contributed by atoms with Gasteiger partial charge in [0.1, 0.15) is 6.54 Å². The van der Waals surface area contributed by atoms with Crippen molar-refractivity contribution < 1.29 is 17.9 Å². The molecule has 7 nitrogen and oxygen atoms in total. The number of morpholine rings is 1. The average Bonchev–Trinajstić information content (AvgIpc) is 3.20. The fourth-order valence-corrected chi connectivity index (χ4v) is 4.99. The summed E-state index contributed by atoms with van der Waals surface area (Å²) in [6, 6.07) is 8.09. The van der Waals surface area contributed by atoms with E-state index in [9.17, 15) is 13.2 Å². The van der Waals surface area contributed by atoms with Crippen molar-refractivity contribution in [3.8, 4) is 0 Å². The minimum atomic E-state index is -3.87. The number of carbonyl (C=O) groups excluding carboxylic acids is 1. The molecule has 1 atom stereocenters. The Labute approximate surface area is 157 Å². The summed E-state index contributed by atoms with van der Waals surface area (Å²) in [5.41, 5.74) is 0. The number of anilines is 1. The summed E-state index contributed by atoms with van der Waals surface area (Å²) in [4.78, 5) is 18.7. The van der Waals surface area contributed by atoms with Crippen LogP contribution < -0.4 is 4.31 Å². The molecular formula is C17H21N3O4S2. The highest BCUT2D eigenvalue weighted by Gasteiger charge is 2.32. The van der Waals surface area contributed by atoms with Gasteiger partial charge in [0.05, 0.1) is 17.6 Å². The lowest BCUT2D eigenvalue weighted by Gasteiger charge is -2.33. The Balaban J connectivity index is 1.85. The molecule has 1 aliphatic rings. The summed E-state index contributed by atoms with van der Waals surface area (Å²) < 4.78 is 32.8. The summed E-state index contributed by atoms with van der Waals surface area (Å²) in [5.74, 6) is -0.249. The lowest BCUT2D eigenvalue weighted by Crippen LogP contribution is -2.49. The van der Waals surface area contributed by atoms with E-state index in [1.165, 1.54) is 29.7 Å². The molecule has 2 aromatic rings. The smallest absolute Gasteiger partial charge is 0.266 e. The molecule has 0 radical (unpaired) electrons. The zero-order chi connectivity index (χ0) is 18.6. The van der Waals surface area contributed by atoms with Crippen LogP contribution >= 0.6 is 11.3 Å². The van der Waals surface area contributed by atoms with Gasteiger partial charge in [-0.2, -0.15) is 0 Å². The first-order valence-corrected chi connectivity index (χ1v) is 10.7. The molecule has 0 saturated carbocycles. The van der Waals surface area contributed by atoms with E-state index in [-0.39, 0.29) is 28.6 Å². The minimum absolute atomic E-state index is 0.00765. The van der Waals surface area contributed by atoms with Crippen molar-refractivity contribution in [2.75, 3.05) is 30.5 Å². The summed E-state index contributed by atoms with van der Waals surface area (Å²) >= 11 is 1.19. The summed E-state index contributed by atoms with van der Waals surface area (Å²) in [6.07, 6.45) is 2.33.